The number of nitrogens with zero attached hydrogens (tertiary/aromatic N) is 1. The van der Waals surface area contributed by atoms with Gasteiger partial charge in [0.15, 0.2) is 0 Å². The van der Waals surface area contributed by atoms with Crippen molar-refractivity contribution in [3.05, 3.63) is 0 Å². The van der Waals surface area contributed by atoms with Crippen molar-refractivity contribution in [1.82, 2.24) is 0 Å². The Labute approximate surface area is 187 Å². The number of likely N-dealkylation sites (N-methyl/N-ethyl adjacent to an activating group) is 1. The van der Waals surface area contributed by atoms with E-state index in [1.807, 2.05) is 0 Å². The van der Waals surface area contributed by atoms with Gasteiger partial charge in [0.25, 0.3) is 0 Å². The van der Waals surface area contributed by atoms with Gasteiger partial charge in [-0.15, -0.1) is 0 Å². The lowest BCUT2D eigenvalue weighted by molar-refractivity contribution is -0.898. The largest absolute Gasteiger partial charge is 0.472 e. The Morgan fingerprint density at radius 1 is 0.800 bits per heavy atom. The monoisotopic (exact) mass is 448 g/mol. The number of rotatable bonds is 19. The Bertz CT molecular complexity index is 467. The van der Waals surface area contributed by atoms with Crippen LogP contribution in [0.5, 0.6) is 0 Å². The van der Waals surface area contributed by atoms with Crippen LogP contribution in [0.1, 0.15) is 116 Å². The molecule has 30 heavy (non-hydrogen) atoms. The van der Waals surface area contributed by atoms with Crippen molar-refractivity contribution >= 4 is 7.82 Å². The van der Waals surface area contributed by atoms with Crippen molar-refractivity contribution in [3.63, 3.8) is 0 Å². The average molecular weight is 449 g/mol. The lowest BCUT2D eigenvalue weighted by Crippen LogP contribution is -2.49. The molecule has 0 bridgehead atoms. The molecule has 3 atom stereocenters. The van der Waals surface area contributed by atoms with Crippen LogP contribution in [0.4, 0.5) is 0 Å². The number of phosphoric acid groups is 1. The molecule has 0 aromatic rings. The van der Waals surface area contributed by atoms with Gasteiger partial charge in [-0.05, 0) is 19.3 Å². The SMILES string of the molecule is CCCCCCCCCCCCCCCCOP(=O)(O)OC1CCCC1[N+](C)(C)C. The molecule has 3 unspecified atom stereocenters. The molecule has 1 fully saturated rings. The highest BCUT2D eigenvalue weighted by Crippen LogP contribution is 2.48. The van der Waals surface area contributed by atoms with E-state index in [4.69, 9.17) is 9.05 Å². The topological polar surface area (TPSA) is 55.8 Å². The average Bonchev–Trinajstić information content (AvgIpc) is 3.12. The lowest BCUT2D eigenvalue weighted by atomic mass is 10.0. The molecule has 0 saturated heterocycles. The van der Waals surface area contributed by atoms with Gasteiger partial charge < -0.3 is 9.38 Å². The van der Waals surface area contributed by atoms with Gasteiger partial charge in [-0.1, -0.05) is 90.4 Å². The molecular weight excluding hydrogens is 397 g/mol. The normalized spacial score (nSPS) is 21.8. The first kappa shape index (κ1) is 28.1. The molecule has 0 amide bonds. The molecule has 1 aliphatic rings. The summed E-state index contributed by atoms with van der Waals surface area (Å²) in [6.07, 6.45) is 20.9. The van der Waals surface area contributed by atoms with E-state index in [9.17, 15) is 9.46 Å². The number of quaternary nitrogens is 1. The summed E-state index contributed by atoms with van der Waals surface area (Å²) in [5.41, 5.74) is 0. The minimum atomic E-state index is -3.95. The van der Waals surface area contributed by atoms with Crippen molar-refractivity contribution < 1.29 is 23.0 Å². The van der Waals surface area contributed by atoms with Gasteiger partial charge in [-0.2, -0.15) is 0 Å². The fourth-order valence-electron chi connectivity index (χ4n) is 4.59. The minimum Gasteiger partial charge on any atom is -0.326 e. The molecule has 1 saturated carbocycles. The molecule has 0 spiro atoms. The van der Waals surface area contributed by atoms with E-state index >= 15 is 0 Å². The fraction of sp³-hybridized carbons (Fsp3) is 1.00. The second-order valence-corrected chi connectivity index (χ2v) is 11.6. The van der Waals surface area contributed by atoms with Gasteiger partial charge >= 0.3 is 7.82 Å². The Morgan fingerprint density at radius 3 is 1.73 bits per heavy atom. The van der Waals surface area contributed by atoms with E-state index in [0.717, 1.165) is 36.6 Å². The second kappa shape index (κ2) is 15.8. The zero-order valence-corrected chi connectivity index (χ0v) is 21.3. The van der Waals surface area contributed by atoms with Crippen LogP contribution < -0.4 is 0 Å². The van der Waals surface area contributed by atoms with Gasteiger partial charge in [-0.3, -0.25) is 9.05 Å². The van der Waals surface area contributed by atoms with Crippen molar-refractivity contribution in [1.29, 1.82) is 0 Å². The maximum absolute atomic E-state index is 12.3. The van der Waals surface area contributed by atoms with E-state index in [1.165, 1.54) is 77.0 Å². The number of hydrogen-bond acceptors (Lipinski definition) is 3. The molecule has 0 radical (unpaired) electrons. The Hall–Kier alpha value is 0.0700. The van der Waals surface area contributed by atoms with Crippen LogP contribution >= 0.6 is 7.82 Å². The van der Waals surface area contributed by atoms with E-state index < -0.39 is 7.82 Å². The van der Waals surface area contributed by atoms with Crippen LogP contribution in [0.3, 0.4) is 0 Å². The zero-order chi connectivity index (χ0) is 22.3. The van der Waals surface area contributed by atoms with Gasteiger partial charge in [0.2, 0.25) is 0 Å². The summed E-state index contributed by atoms with van der Waals surface area (Å²) in [5.74, 6) is 0. The van der Waals surface area contributed by atoms with Crippen molar-refractivity contribution in [2.24, 2.45) is 0 Å². The third-order valence-electron chi connectivity index (χ3n) is 6.43. The standard InChI is InChI=1S/C24H50NO4P/c1-5-6-7-8-9-10-11-12-13-14-15-16-17-18-22-28-30(26,27)29-24-21-19-20-23(24)25(2,3)4/h23-24H,5-22H2,1-4H3/p+1. The molecule has 0 aromatic heterocycles. The molecule has 0 heterocycles. The van der Waals surface area contributed by atoms with Crippen LogP contribution in [0.25, 0.3) is 0 Å². The zero-order valence-electron chi connectivity index (χ0n) is 20.4. The Kier molecular flexibility index (Phi) is 14.8. The smallest absolute Gasteiger partial charge is 0.326 e. The van der Waals surface area contributed by atoms with E-state index in [-0.39, 0.29) is 12.1 Å². The summed E-state index contributed by atoms with van der Waals surface area (Å²) < 4.78 is 23.8. The third kappa shape index (κ3) is 13.5. The van der Waals surface area contributed by atoms with E-state index in [2.05, 4.69) is 28.1 Å². The Balaban J connectivity index is 1.95. The van der Waals surface area contributed by atoms with Gasteiger partial charge in [0.1, 0.15) is 12.1 Å². The van der Waals surface area contributed by atoms with Gasteiger partial charge in [0.05, 0.1) is 27.7 Å². The van der Waals surface area contributed by atoms with Gasteiger partial charge in [0, 0.05) is 6.42 Å². The maximum atomic E-state index is 12.3. The molecule has 5 nitrogen and oxygen atoms in total. The summed E-state index contributed by atoms with van der Waals surface area (Å²) in [6, 6.07) is 0.259. The molecule has 0 aliphatic heterocycles. The predicted octanol–water partition coefficient (Wildman–Crippen LogP) is 7.23. The van der Waals surface area contributed by atoms with Crippen molar-refractivity contribution in [3.8, 4) is 0 Å². The Morgan fingerprint density at radius 2 is 1.27 bits per heavy atom. The molecule has 0 aromatic carbocycles. The fourth-order valence-corrected chi connectivity index (χ4v) is 5.60. The number of phosphoric ester groups is 1. The quantitative estimate of drug-likeness (QED) is 0.129. The van der Waals surface area contributed by atoms with Crippen LogP contribution in [0.15, 0.2) is 0 Å². The molecule has 1 rings (SSSR count). The summed E-state index contributed by atoms with van der Waals surface area (Å²) in [6.45, 7) is 2.58. The highest BCUT2D eigenvalue weighted by molar-refractivity contribution is 7.47. The molecule has 6 heteroatoms. The van der Waals surface area contributed by atoms with Crippen LogP contribution in [0, 0.1) is 0 Å². The van der Waals surface area contributed by atoms with Crippen LogP contribution in [0.2, 0.25) is 0 Å². The lowest BCUT2D eigenvalue weighted by Gasteiger charge is -2.35. The predicted molar refractivity (Wildman–Crippen MR) is 127 cm³/mol. The first-order valence-electron chi connectivity index (χ1n) is 12.7. The molecule has 1 N–H and O–H groups in total. The second-order valence-electron chi connectivity index (χ2n) is 10.2. The van der Waals surface area contributed by atoms with Crippen LogP contribution in [-0.4, -0.2) is 49.3 Å². The summed E-state index contributed by atoms with van der Waals surface area (Å²) in [5, 5.41) is 0. The summed E-state index contributed by atoms with van der Waals surface area (Å²) in [4.78, 5) is 10.1. The molecule has 180 valence electrons. The first-order valence-corrected chi connectivity index (χ1v) is 14.2. The minimum absolute atomic E-state index is 0.183. The molecular formula is C24H51NO4P+. The van der Waals surface area contributed by atoms with E-state index in [0.29, 0.717) is 6.61 Å². The van der Waals surface area contributed by atoms with Gasteiger partial charge in [-0.25, -0.2) is 4.57 Å². The molecule has 1 aliphatic carbocycles. The van der Waals surface area contributed by atoms with Crippen molar-refractivity contribution in [2.75, 3.05) is 27.7 Å². The number of unbranched alkanes of at least 4 members (excludes halogenated alkanes) is 13. The summed E-state index contributed by atoms with van der Waals surface area (Å²) in [7, 11) is 2.40. The van der Waals surface area contributed by atoms with E-state index in [1.54, 1.807) is 0 Å². The number of hydrogen-bond donors (Lipinski definition) is 1. The highest BCUT2D eigenvalue weighted by atomic mass is 31.2. The van der Waals surface area contributed by atoms with Crippen LogP contribution in [-0.2, 0) is 13.6 Å². The first-order chi connectivity index (χ1) is 14.3. The summed E-state index contributed by atoms with van der Waals surface area (Å²) >= 11 is 0. The maximum Gasteiger partial charge on any atom is 0.472 e. The van der Waals surface area contributed by atoms with Crippen molar-refractivity contribution in [2.45, 2.75) is 128 Å². The third-order valence-corrected chi connectivity index (χ3v) is 7.48. The highest BCUT2D eigenvalue weighted by Gasteiger charge is 2.42.